The number of fused-ring (bicyclic) bond motifs is 1. The Morgan fingerprint density at radius 2 is 2.30 bits per heavy atom. The standard InChI is InChI=1S/C20H27N3O3S/c1-2-26-19(24)20-5-3-7-22(13-18-21-6-9-27-18)11-17(20)12-23(15-20)10-16-4-8-25-14-16/h4,6,8-9,14,17H,2-3,5,7,10-13,15H2,1H3/t17-,20-/m0/s1. The van der Waals surface area contributed by atoms with Crippen LogP contribution >= 0.6 is 11.3 Å². The quantitative estimate of drug-likeness (QED) is 0.708. The summed E-state index contributed by atoms with van der Waals surface area (Å²) in [5, 5.41) is 3.17. The van der Waals surface area contributed by atoms with Gasteiger partial charge in [-0.1, -0.05) is 0 Å². The summed E-state index contributed by atoms with van der Waals surface area (Å²) in [6, 6.07) is 2.00. The second-order valence-corrected chi connectivity index (χ2v) is 8.62. The number of nitrogens with zero attached hydrogens (tertiary/aromatic N) is 3. The van der Waals surface area contributed by atoms with E-state index in [0.717, 1.165) is 62.7 Å². The highest BCUT2D eigenvalue weighted by molar-refractivity contribution is 7.09. The average Bonchev–Trinajstić information content (AvgIpc) is 3.37. The first-order valence-corrected chi connectivity index (χ1v) is 10.6. The van der Waals surface area contributed by atoms with E-state index in [0.29, 0.717) is 6.61 Å². The molecule has 2 saturated heterocycles. The summed E-state index contributed by atoms with van der Waals surface area (Å²) in [7, 11) is 0. The Morgan fingerprint density at radius 1 is 1.41 bits per heavy atom. The highest BCUT2D eigenvalue weighted by Crippen LogP contribution is 2.44. The number of hydrogen-bond donors (Lipinski definition) is 0. The molecule has 4 heterocycles. The topological polar surface area (TPSA) is 58.8 Å². The number of furan rings is 1. The fourth-order valence-corrected chi connectivity index (χ4v) is 5.31. The monoisotopic (exact) mass is 389 g/mol. The molecule has 0 spiro atoms. The molecular weight excluding hydrogens is 362 g/mol. The third kappa shape index (κ3) is 3.95. The first-order valence-electron chi connectivity index (χ1n) is 9.71. The van der Waals surface area contributed by atoms with Crippen molar-refractivity contribution in [2.45, 2.75) is 32.9 Å². The fraction of sp³-hybridized carbons (Fsp3) is 0.600. The first-order chi connectivity index (χ1) is 13.2. The predicted octanol–water partition coefficient (Wildman–Crippen LogP) is 3.01. The Balaban J connectivity index is 1.52. The van der Waals surface area contributed by atoms with Crippen LogP contribution in [0.5, 0.6) is 0 Å². The Bertz CT molecular complexity index is 734. The van der Waals surface area contributed by atoms with E-state index in [1.807, 2.05) is 24.6 Å². The smallest absolute Gasteiger partial charge is 0.313 e. The Labute approximate surface area is 164 Å². The minimum absolute atomic E-state index is 0.0132. The number of thiazole rings is 1. The van der Waals surface area contributed by atoms with Crippen molar-refractivity contribution in [3.8, 4) is 0 Å². The summed E-state index contributed by atoms with van der Waals surface area (Å²) in [6.45, 7) is 7.64. The molecule has 0 aliphatic carbocycles. The lowest BCUT2D eigenvalue weighted by molar-refractivity contribution is -0.157. The molecular formula is C20H27N3O3S. The van der Waals surface area contributed by atoms with Crippen LogP contribution in [0.15, 0.2) is 34.6 Å². The molecule has 0 saturated carbocycles. The molecule has 0 unspecified atom stereocenters. The van der Waals surface area contributed by atoms with Crippen molar-refractivity contribution >= 4 is 17.3 Å². The largest absolute Gasteiger partial charge is 0.472 e. The van der Waals surface area contributed by atoms with Gasteiger partial charge < -0.3 is 9.15 Å². The summed E-state index contributed by atoms with van der Waals surface area (Å²) in [6.07, 6.45) is 7.27. The van der Waals surface area contributed by atoms with E-state index in [1.54, 1.807) is 23.9 Å². The molecule has 2 atom stereocenters. The Kier molecular flexibility index (Phi) is 5.61. The molecule has 146 valence electrons. The van der Waals surface area contributed by atoms with Crippen LogP contribution in [0.3, 0.4) is 0 Å². The van der Waals surface area contributed by atoms with Gasteiger partial charge >= 0.3 is 5.97 Å². The first kappa shape index (κ1) is 18.7. The second-order valence-electron chi connectivity index (χ2n) is 7.64. The van der Waals surface area contributed by atoms with Crippen molar-refractivity contribution in [2.75, 3.05) is 32.8 Å². The number of esters is 1. The lowest BCUT2D eigenvalue weighted by Gasteiger charge is -2.31. The minimum Gasteiger partial charge on any atom is -0.472 e. The molecule has 27 heavy (non-hydrogen) atoms. The molecule has 0 radical (unpaired) electrons. The van der Waals surface area contributed by atoms with Gasteiger partial charge in [-0.3, -0.25) is 14.6 Å². The molecule has 0 amide bonds. The summed E-state index contributed by atoms with van der Waals surface area (Å²) in [4.78, 5) is 22.3. The van der Waals surface area contributed by atoms with Gasteiger partial charge in [0.15, 0.2) is 0 Å². The zero-order valence-electron chi connectivity index (χ0n) is 15.8. The molecule has 2 aliphatic rings. The van der Waals surface area contributed by atoms with Gasteiger partial charge in [0.05, 0.1) is 31.1 Å². The van der Waals surface area contributed by atoms with E-state index in [2.05, 4.69) is 14.8 Å². The van der Waals surface area contributed by atoms with Gasteiger partial charge in [0.25, 0.3) is 0 Å². The molecule has 2 fully saturated rings. The van der Waals surface area contributed by atoms with E-state index < -0.39 is 5.41 Å². The van der Waals surface area contributed by atoms with Gasteiger partial charge in [0, 0.05) is 49.2 Å². The summed E-state index contributed by atoms with van der Waals surface area (Å²) < 4.78 is 10.8. The highest BCUT2D eigenvalue weighted by Gasteiger charge is 2.53. The van der Waals surface area contributed by atoms with Gasteiger partial charge in [-0.15, -0.1) is 11.3 Å². The number of likely N-dealkylation sites (tertiary alicyclic amines) is 2. The third-order valence-corrected chi connectivity index (χ3v) is 6.62. The maximum atomic E-state index is 13.0. The molecule has 4 rings (SSSR count). The average molecular weight is 390 g/mol. The van der Waals surface area contributed by atoms with Crippen LogP contribution in [0.1, 0.15) is 30.3 Å². The summed E-state index contributed by atoms with van der Waals surface area (Å²) >= 11 is 1.70. The van der Waals surface area contributed by atoms with Crippen LogP contribution in [0.25, 0.3) is 0 Å². The maximum absolute atomic E-state index is 13.0. The van der Waals surface area contributed by atoms with Gasteiger partial charge in [-0.2, -0.15) is 0 Å². The lowest BCUT2D eigenvalue weighted by atomic mass is 9.75. The lowest BCUT2D eigenvalue weighted by Crippen LogP contribution is -2.42. The van der Waals surface area contributed by atoms with Crippen molar-refractivity contribution in [1.82, 2.24) is 14.8 Å². The molecule has 2 aromatic rings. The number of carbonyl (C=O) groups is 1. The van der Waals surface area contributed by atoms with Gasteiger partial charge in [0.1, 0.15) is 5.01 Å². The SMILES string of the molecule is CCOC(=O)[C@]12CCCN(Cc3nccs3)C[C@H]1CN(Cc1ccoc1)C2. The zero-order chi connectivity index (χ0) is 18.7. The number of hydrogen-bond acceptors (Lipinski definition) is 7. The van der Waals surface area contributed by atoms with E-state index in [-0.39, 0.29) is 11.9 Å². The number of carbonyl (C=O) groups excluding carboxylic acids is 1. The van der Waals surface area contributed by atoms with Crippen LogP contribution in [0.2, 0.25) is 0 Å². The van der Waals surface area contributed by atoms with E-state index >= 15 is 0 Å². The van der Waals surface area contributed by atoms with Crippen molar-refractivity contribution in [3.05, 3.63) is 40.7 Å². The maximum Gasteiger partial charge on any atom is 0.313 e. The Morgan fingerprint density at radius 3 is 3.04 bits per heavy atom. The van der Waals surface area contributed by atoms with Crippen molar-refractivity contribution in [3.63, 3.8) is 0 Å². The molecule has 7 heteroatoms. The third-order valence-electron chi connectivity index (χ3n) is 5.85. The predicted molar refractivity (Wildman–Crippen MR) is 103 cm³/mol. The number of rotatable bonds is 6. The van der Waals surface area contributed by atoms with Crippen molar-refractivity contribution < 1.29 is 13.9 Å². The van der Waals surface area contributed by atoms with E-state index in [9.17, 15) is 4.79 Å². The second kappa shape index (κ2) is 8.12. The van der Waals surface area contributed by atoms with Crippen LogP contribution in [-0.4, -0.2) is 53.5 Å². The Hall–Kier alpha value is -1.70. The van der Waals surface area contributed by atoms with E-state index in [4.69, 9.17) is 9.15 Å². The molecule has 2 aromatic heterocycles. The normalized spacial score (nSPS) is 26.6. The van der Waals surface area contributed by atoms with Crippen LogP contribution in [0.4, 0.5) is 0 Å². The highest BCUT2D eigenvalue weighted by atomic mass is 32.1. The van der Waals surface area contributed by atoms with E-state index in [1.165, 1.54) is 0 Å². The summed E-state index contributed by atoms with van der Waals surface area (Å²) in [5.74, 6) is 0.270. The molecule has 0 bridgehead atoms. The van der Waals surface area contributed by atoms with Crippen molar-refractivity contribution in [1.29, 1.82) is 0 Å². The zero-order valence-corrected chi connectivity index (χ0v) is 16.6. The van der Waals surface area contributed by atoms with Gasteiger partial charge in [-0.25, -0.2) is 4.98 Å². The fourth-order valence-electron chi connectivity index (χ4n) is 4.65. The van der Waals surface area contributed by atoms with Crippen LogP contribution in [-0.2, 0) is 22.6 Å². The molecule has 0 aromatic carbocycles. The van der Waals surface area contributed by atoms with Gasteiger partial charge in [-0.05, 0) is 32.4 Å². The molecule has 6 nitrogen and oxygen atoms in total. The minimum atomic E-state index is -0.391. The number of ether oxygens (including phenoxy) is 1. The van der Waals surface area contributed by atoms with Crippen LogP contribution in [0, 0.1) is 11.3 Å². The van der Waals surface area contributed by atoms with Crippen molar-refractivity contribution in [2.24, 2.45) is 11.3 Å². The number of aromatic nitrogens is 1. The van der Waals surface area contributed by atoms with Gasteiger partial charge in [0.2, 0.25) is 0 Å². The summed E-state index contributed by atoms with van der Waals surface area (Å²) in [5.41, 5.74) is 0.766. The molecule has 2 aliphatic heterocycles. The molecule has 0 N–H and O–H groups in total. The van der Waals surface area contributed by atoms with Crippen LogP contribution < -0.4 is 0 Å².